The standard InChI is InChI=1S/C42H36O6S/c43-38-14-5-6-15-39(47-38)48-42(45)40-34-12-4-2-10-29(34)24-31-22-27(17-19-35(31)40)26-16-18-33-30(21-26)23-28-9-1-3-11-32(28)36(33)25-49-37-13-7-8-20-46-41(37)44/h1-4,9-12,16-19,21-24,37,39H,5-8,13-15,20,25H2. The highest BCUT2D eigenvalue weighted by atomic mass is 32.2. The summed E-state index contributed by atoms with van der Waals surface area (Å²) in [5, 5.41) is 7.97. The van der Waals surface area contributed by atoms with E-state index in [1.807, 2.05) is 30.3 Å². The maximum Gasteiger partial charge on any atom is 0.342 e. The van der Waals surface area contributed by atoms with Gasteiger partial charge in [0.1, 0.15) is 5.25 Å². The van der Waals surface area contributed by atoms with Crippen LogP contribution in [-0.2, 0) is 29.6 Å². The molecule has 0 N–H and O–H groups in total. The van der Waals surface area contributed by atoms with Gasteiger partial charge < -0.3 is 14.2 Å². The maximum atomic E-state index is 13.7. The summed E-state index contributed by atoms with van der Waals surface area (Å²) in [6, 6.07) is 33.4. The predicted molar refractivity (Wildman–Crippen MR) is 196 cm³/mol. The molecule has 2 aliphatic rings. The quantitative estimate of drug-likeness (QED) is 0.129. The molecule has 0 radical (unpaired) electrons. The monoisotopic (exact) mass is 668 g/mol. The third kappa shape index (κ3) is 6.35. The zero-order chi connectivity index (χ0) is 33.3. The van der Waals surface area contributed by atoms with Crippen LogP contribution in [0.4, 0.5) is 0 Å². The highest BCUT2D eigenvalue weighted by Crippen LogP contribution is 2.38. The van der Waals surface area contributed by atoms with E-state index < -0.39 is 12.3 Å². The first-order chi connectivity index (χ1) is 24.0. The summed E-state index contributed by atoms with van der Waals surface area (Å²) in [5.74, 6) is -0.197. The second-order valence-corrected chi connectivity index (χ2v) is 14.1. The molecule has 49 heavy (non-hydrogen) atoms. The molecule has 0 aromatic heterocycles. The molecule has 2 heterocycles. The second kappa shape index (κ2) is 13.6. The second-order valence-electron chi connectivity index (χ2n) is 13.0. The van der Waals surface area contributed by atoms with Crippen LogP contribution in [0.1, 0.15) is 60.9 Å². The van der Waals surface area contributed by atoms with E-state index >= 15 is 0 Å². The van der Waals surface area contributed by atoms with Crippen LogP contribution in [0.5, 0.6) is 0 Å². The summed E-state index contributed by atoms with van der Waals surface area (Å²) in [7, 11) is 0. The van der Waals surface area contributed by atoms with E-state index in [1.165, 1.54) is 21.7 Å². The van der Waals surface area contributed by atoms with Crippen molar-refractivity contribution < 1.29 is 28.6 Å². The summed E-state index contributed by atoms with van der Waals surface area (Å²) in [6.07, 6.45) is 4.23. The van der Waals surface area contributed by atoms with Gasteiger partial charge in [-0.25, -0.2) is 4.79 Å². The minimum Gasteiger partial charge on any atom is -0.465 e. The van der Waals surface area contributed by atoms with Crippen LogP contribution >= 0.6 is 11.8 Å². The van der Waals surface area contributed by atoms with Crippen LogP contribution in [0.15, 0.2) is 97.1 Å². The van der Waals surface area contributed by atoms with E-state index in [0.717, 1.165) is 75.9 Å². The van der Waals surface area contributed by atoms with Crippen LogP contribution in [0.2, 0.25) is 0 Å². The van der Waals surface area contributed by atoms with Crippen LogP contribution in [0.25, 0.3) is 54.2 Å². The Morgan fingerprint density at radius 1 is 0.694 bits per heavy atom. The number of esters is 3. The fraction of sp³-hybridized carbons (Fsp3) is 0.262. The smallest absolute Gasteiger partial charge is 0.342 e. The number of benzene rings is 6. The average molecular weight is 669 g/mol. The van der Waals surface area contributed by atoms with Gasteiger partial charge in [0.15, 0.2) is 0 Å². The van der Waals surface area contributed by atoms with Gasteiger partial charge >= 0.3 is 17.9 Å². The lowest BCUT2D eigenvalue weighted by Gasteiger charge is -2.18. The zero-order valence-electron chi connectivity index (χ0n) is 27.1. The molecule has 0 spiro atoms. The number of ether oxygens (including phenoxy) is 3. The molecule has 7 heteroatoms. The fourth-order valence-corrected chi connectivity index (χ4v) is 8.45. The first-order valence-electron chi connectivity index (χ1n) is 17.1. The largest absolute Gasteiger partial charge is 0.465 e. The molecule has 2 aliphatic heterocycles. The number of hydrogen-bond acceptors (Lipinski definition) is 7. The fourth-order valence-electron chi connectivity index (χ4n) is 7.23. The van der Waals surface area contributed by atoms with Gasteiger partial charge in [-0.1, -0.05) is 72.8 Å². The molecule has 6 nitrogen and oxygen atoms in total. The topological polar surface area (TPSA) is 78.9 Å². The third-order valence-electron chi connectivity index (χ3n) is 9.74. The summed E-state index contributed by atoms with van der Waals surface area (Å²) in [4.78, 5) is 38.4. The van der Waals surface area contributed by atoms with Crippen molar-refractivity contribution in [2.24, 2.45) is 0 Å². The molecule has 2 saturated heterocycles. The number of thioether (sulfide) groups is 1. The van der Waals surface area contributed by atoms with Gasteiger partial charge in [0.05, 0.1) is 12.2 Å². The van der Waals surface area contributed by atoms with Crippen LogP contribution in [0, 0.1) is 0 Å². The number of carbonyl (C=O) groups is 3. The molecule has 246 valence electrons. The minimum atomic E-state index is -0.881. The molecule has 0 aliphatic carbocycles. The van der Waals surface area contributed by atoms with Gasteiger partial charge in [0.25, 0.3) is 0 Å². The van der Waals surface area contributed by atoms with Gasteiger partial charge in [-0.2, -0.15) is 0 Å². The van der Waals surface area contributed by atoms with Gasteiger partial charge in [0.2, 0.25) is 6.29 Å². The maximum absolute atomic E-state index is 13.7. The Kier molecular flexibility index (Phi) is 8.68. The molecular weight excluding hydrogens is 633 g/mol. The van der Waals surface area contributed by atoms with Gasteiger partial charge in [-0.3, -0.25) is 9.59 Å². The van der Waals surface area contributed by atoms with Crippen molar-refractivity contribution >= 4 is 72.8 Å². The van der Waals surface area contributed by atoms with E-state index in [1.54, 1.807) is 11.8 Å². The number of hydrogen-bond donors (Lipinski definition) is 0. The SMILES string of the molecule is O=C1CCCCC(OC(=O)c2c3ccccc3cc3cc(-c4ccc5c(CSC6CCCCOC6=O)c6ccccc6cc5c4)ccc23)O1. The van der Waals surface area contributed by atoms with E-state index in [2.05, 4.69) is 66.7 Å². The Labute approximate surface area is 288 Å². The summed E-state index contributed by atoms with van der Waals surface area (Å²) in [6.45, 7) is 0.518. The Morgan fingerprint density at radius 2 is 1.33 bits per heavy atom. The van der Waals surface area contributed by atoms with E-state index in [9.17, 15) is 14.4 Å². The molecule has 8 rings (SSSR count). The number of cyclic esters (lactones) is 2. The highest BCUT2D eigenvalue weighted by molar-refractivity contribution is 7.99. The van der Waals surface area contributed by atoms with Crippen molar-refractivity contribution in [3.63, 3.8) is 0 Å². The van der Waals surface area contributed by atoms with Crippen molar-refractivity contribution in [2.75, 3.05) is 6.61 Å². The van der Waals surface area contributed by atoms with Gasteiger partial charge in [-0.15, -0.1) is 11.8 Å². The van der Waals surface area contributed by atoms with Crippen molar-refractivity contribution in [1.29, 1.82) is 0 Å². The number of rotatable bonds is 6. The molecule has 6 aromatic carbocycles. The van der Waals surface area contributed by atoms with Crippen molar-refractivity contribution in [2.45, 2.75) is 62.2 Å². The molecule has 2 atom stereocenters. The van der Waals surface area contributed by atoms with Crippen molar-refractivity contribution in [3.8, 4) is 11.1 Å². The lowest BCUT2D eigenvalue weighted by Crippen LogP contribution is -2.23. The Balaban J connectivity index is 1.17. The molecule has 2 unspecified atom stereocenters. The van der Waals surface area contributed by atoms with Crippen LogP contribution < -0.4 is 0 Å². The van der Waals surface area contributed by atoms with Crippen LogP contribution in [-0.4, -0.2) is 36.1 Å². The van der Waals surface area contributed by atoms with E-state index in [-0.39, 0.29) is 17.2 Å². The van der Waals surface area contributed by atoms with E-state index in [0.29, 0.717) is 25.0 Å². The van der Waals surface area contributed by atoms with E-state index in [4.69, 9.17) is 14.2 Å². The van der Waals surface area contributed by atoms with Crippen molar-refractivity contribution in [3.05, 3.63) is 108 Å². The minimum absolute atomic E-state index is 0.0947. The van der Waals surface area contributed by atoms with Gasteiger partial charge in [-0.05, 0) is 116 Å². The molecule has 0 saturated carbocycles. The Hall–Kier alpha value is -4.88. The third-order valence-corrected chi connectivity index (χ3v) is 11.0. The molecule has 2 fully saturated rings. The predicted octanol–water partition coefficient (Wildman–Crippen LogP) is 9.90. The number of carbonyl (C=O) groups excluding carboxylic acids is 3. The summed E-state index contributed by atoms with van der Waals surface area (Å²) < 4.78 is 16.7. The summed E-state index contributed by atoms with van der Waals surface area (Å²) in [5.41, 5.74) is 3.81. The highest BCUT2D eigenvalue weighted by Gasteiger charge is 2.26. The summed E-state index contributed by atoms with van der Waals surface area (Å²) >= 11 is 1.68. The molecular formula is C42H36O6S. The van der Waals surface area contributed by atoms with Crippen molar-refractivity contribution in [1.82, 2.24) is 0 Å². The molecule has 6 aromatic rings. The normalized spacial score (nSPS) is 18.6. The molecule has 0 bridgehead atoms. The lowest BCUT2D eigenvalue weighted by molar-refractivity contribution is -0.166. The Bertz CT molecular complexity index is 2260. The number of fused-ring (bicyclic) bond motifs is 4. The Morgan fingerprint density at radius 3 is 2.12 bits per heavy atom. The first-order valence-corrected chi connectivity index (χ1v) is 18.2. The molecule has 0 amide bonds. The lowest BCUT2D eigenvalue weighted by atomic mass is 9.92. The van der Waals surface area contributed by atoms with Crippen LogP contribution in [0.3, 0.4) is 0 Å². The first kappa shape index (κ1) is 31.4. The average Bonchev–Trinajstić information content (AvgIpc) is 3.46. The zero-order valence-corrected chi connectivity index (χ0v) is 27.9. The van der Waals surface area contributed by atoms with Gasteiger partial charge in [0, 0.05) is 18.6 Å².